The smallest absolute Gasteiger partial charge is 0.136 e. The second-order valence-corrected chi connectivity index (χ2v) is 15.3. The number of benzene rings is 9. The first-order valence-electron chi connectivity index (χ1n) is 19.4. The van der Waals surface area contributed by atoms with Crippen LogP contribution >= 0.6 is 0 Å². The summed E-state index contributed by atoms with van der Waals surface area (Å²) < 4.78 is 6.53. The van der Waals surface area contributed by atoms with Crippen LogP contribution in [0.25, 0.3) is 98.9 Å². The van der Waals surface area contributed by atoms with Crippen molar-refractivity contribution in [2.24, 2.45) is 0 Å². The number of nitrogens with zero attached hydrogens (tertiary/aromatic N) is 1. The first-order valence-corrected chi connectivity index (χ1v) is 19.4. The predicted octanol–water partition coefficient (Wildman–Crippen LogP) is 14.1. The van der Waals surface area contributed by atoms with Crippen LogP contribution in [0.5, 0.6) is 0 Å². The van der Waals surface area contributed by atoms with Gasteiger partial charge in [0.05, 0.1) is 10.9 Å². The monoisotopic (exact) mass is 709 g/mol. The molecule has 1 unspecified atom stereocenters. The van der Waals surface area contributed by atoms with Crippen LogP contribution in [-0.2, 0) is 5.41 Å². The van der Waals surface area contributed by atoms with Crippen molar-refractivity contribution in [2.45, 2.75) is 5.41 Å². The molecule has 0 amide bonds. The Morgan fingerprint density at radius 3 is 1.77 bits per heavy atom. The van der Waals surface area contributed by atoms with Gasteiger partial charge in [0.15, 0.2) is 0 Å². The summed E-state index contributed by atoms with van der Waals surface area (Å²) in [6, 6.07) is 67.1. The Kier molecular flexibility index (Phi) is 5.86. The Morgan fingerprint density at radius 1 is 0.339 bits per heavy atom. The van der Waals surface area contributed by atoms with E-state index in [1.807, 2.05) is 6.20 Å². The summed E-state index contributed by atoms with van der Waals surface area (Å²) in [4.78, 5) is 4.86. The minimum Gasteiger partial charge on any atom is -0.456 e. The molecule has 1 spiro atoms. The van der Waals surface area contributed by atoms with Gasteiger partial charge < -0.3 is 4.42 Å². The quantitative estimate of drug-likeness (QED) is 0.167. The van der Waals surface area contributed by atoms with Crippen molar-refractivity contribution in [3.63, 3.8) is 0 Å². The summed E-state index contributed by atoms with van der Waals surface area (Å²) in [7, 11) is 0. The molecular formula is C54H31NO. The fraction of sp³-hybridized carbons (Fsp3) is 0.0185. The summed E-state index contributed by atoms with van der Waals surface area (Å²) in [5.74, 6) is 0. The molecule has 2 aromatic heterocycles. The molecule has 0 aliphatic heterocycles. The number of para-hydroxylation sites is 1. The van der Waals surface area contributed by atoms with Crippen LogP contribution in [0.1, 0.15) is 22.3 Å². The third-order valence-corrected chi connectivity index (χ3v) is 12.7. The zero-order chi connectivity index (χ0) is 36.5. The molecule has 0 saturated heterocycles. The summed E-state index contributed by atoms with van der Waals surface area (Å²) in [5.41, 5.74) is 17.5. The van der Waals surface area contributed by atoms with Gasteiger partial charge in [-0.15, -0.1) is 0 Å². The van der Waals surface area contributed by atoms with Gasteiger partial charge >= 0.3 is 0 Å². The highest BCUT2D eigenvalue weighted by atomic mass is 16.3. The molecule has 0 N–H and O–H groups in total. The maximum absolute atomic E-state index is 6.53. The predicted molar refractivity (Wildman–Crippen MR) is 231 cm³/mol. The molecule has 13 rings (SSSR count). The average Bonchev–Trinajstić information content (AvgIpc) is 3.88. The third kappa shape index (κ3) is 3.73. The molecule has 2 aliphatic rings. The maximum atomic E-state index is 6.53. The average molecular weight is 710 g/mol. The number of hydrogen-bond donors (Lipinski definition) is 0. The minimum atomic E-state index is -0.557. The van der Waals surface area contributed by atoms with Gasteiger partial charge in [-0.05, 0) is 125 Å². The van der Waals surface area contributed by atoms with Crippen LogP contribution in [0, 0.1) is 0 Å². The third-order valence-electron chi connectivity index (χ3n) is 12.7. The molecular weight excluding hydrogens is 679 g/mol. The van der Waals surface area contributed by atoms with Crippen LogP contribution in [0.3, 0.4) is 0 Å². The van der Waals surface area contributed by atoms with Crippen LogP contribution in [0.15, 0.2) is 193 Å². The second-order valence-electron chi connectivity index (χ2n) is 15.3. The van der Waals surface area contributed by atoms with Gasteiger partial charge in [0, 0.05) is 22.4 Å². The topological polar surface area (TPSA) is 26.0 Å². The summed E-state index contributed by atoms with van der Waals surface area (Å²) >= 11 is 0. The Morgan fingerprint density at radius 2 is 0.982 bits per heavy atom. The molecule has 2 heteroatoms. The van der Waals surface area contributed by atoms with E-state index < -0.39 is 5.41 Å². The highest BCUT2D eigenvalue weighted by molar-refractivity contribution is 6.22. The Bertz CT molecular complexity index is 3430. The lowest BCUT2D eigenvalue weighted by molar-refractivity contribution is 0.669. The van der Waals surface area contributed by atoms with Crippen LogP contribution < -0.4 is 0 Å². The molecule has 11 aromatic rings. The fourth-order valence-electron chi connectivity index (χ4n) is 10.6. The fourth-order valence-corrected chi connectivity index (χ4v) is 10.6. The van der Waals surface area contributed by atoms with Crippen molar-refractivity contribution in [2.75, 3.05) is 0 Å². The zero-order valence-electron chi connectivity index (χ0n) is 30.3. The van der Waals surface area contributed by atoms with E-state index in [4.69, 9.17) is 9.40 Å². The van der Waals surface area contributed by atoms with Crippen LogP contribution in [0.2, 0.25) is 0 Å². The zero-order valence-corrected chi connectivity index (χ0v) is 30.3. The molecule has 2 nitrogen and oxygen atoms in total. The number of hydrogen-bond acceptors (Lipinski definition) is 2. The molecule has 0 fully saturated rings. The van der Waals surface area contributed by atoms with E-state index >= 15 is 0 Å². The van der Waals surface area contributed by atoms with Crippen molar-refractivity contribution >= 4 is 54.4 Å². The van der Waals surface area contributed by atoms with Gasteiger partial charge in [0.25, 0.3) is 0 Å². The van der Waals surface area contributed by atoms with Gasteiger partial charge in [-0.1, -0.05) is 146 Å². The standard InChI is InChI=1S/C54H31NO/c1-2-13-32(14-3-1)51-36-17-4-6-19-38(36)52(39-20-7-5-18-37(39)51)33-24-25-40-46(29-33)54(45-26-27-48-41(53(40)45)21-12-28-55-48)44-22-10-8-15-34(44)42-31-50-43(30-47(42)54)35-16-9-11-23-49(35)56-50/h1-31H. The van der Waals surface area contributed by atoms with Crippen molar-refractivity contribution in [1.82, 2.24) is 4.98 Å². The molecule has 1 atom stereocenters. The largest absolute Gasteiger partial charge is 0.456 e. The first kappa shape index (κ1) is 30.1. The molecule has 0 radical (unpaired) electrons. The van der Waals surface area contributed by atoms with E-state index in [1.54, 1.807) is 0 Å². The maximum Gasteiger partial charge on any atom is 0.136 e. The van der Waals surface area contributed by atoms with E-state index in [0.29, 0.717) is 0 Å². The normalized spacial score (nSPS) is 15.2. The lowest BCUT2D eigenvalue weighted by atomic mass is 9.70. The van der Waals surface area contributed by atoms with Gasteiger partial charge in [-0.25, -0.2) is 0 Å². The highest BCUT2D eigenvalue weighted by Crippen LogP contribution is 2.65. The Hall–Kier alpha value is -7.29. The van der Waals surface area contributed by atoms with Crippen molar-refractivity contribution in [3.8, 4) is 44.5 Å². The molecule has 0 saturated carbocycles. The van der Waals surface area contributed by atoms with Crippen molar-refractivity contribution < 1.29 is 4.42 Å². The summed E-state index contributed by atoms with van der Waals surface area (Å²) in [6.45, 7) is 0. The van der Waals surface area contributed by atoms with Crippen molar-refractivity contribution in [3.05, 3.63) is 210 Å². The van der Waals surface area contributed by atoms with E-state index in [-0.39, 0.29) is 0 Å². The second kappa shape index (κ2) is 10.9. The van der Waals surface area contributed by atoms with Gasteiger partial charge in [-0.2, -0.15) is 0 Å². The van der Waals surface area contributed by atoms with Crippen LogP contribution in [0.4, 0.5) is 0 Å². The summed E-state index contributed by atoms with van der Waals surface area (Å²) in [5, 5.41) is 8.49. The lowest BCUT2D eigenvalue weighted by Gasteiger charge is -2.31. The van der Waals surface area contributed by atoms with E-state index in [0.717, 1.165) is 27.5 Å². The number of furan rings is 1. The van der Waals surface area contributed by atoms with Gasteiger partial charge in [-0.3, -0.25) is 4.98 Å². The van der Waals surface area contributed by atoms with Crippen molar-refractivity contribution in [1.29, 1.82) is 0 Å². The Labute approximate surface area is 322 Å². The van der Waals surface area contributed by atoms with Gasteiger partial charge in [0.1, 0.15) is 11.2 Å². The number of pyridine rings is 1. The molecule has 2 aliphatic carbocycles. The molecule has 2 heterocycles. The number of fused-ring (bicyclic) bond motifs is 17. The SMILES string of the molecule is c1ccc(-c2c3ccccc3c(-c3ccc4c(c3)C3(c5ccccc5-c5cc6oc7ccccc7c6cc53)c3ccc5ncccc5c3-4)c3ccccc23)cc1. The Balaban J connectivity index is 1.19. The molecule has 0 bridgehead atoms. The summed E-state index contributed by atoms with van der Waals surface area (Å²) in [6.07, 6.45) is 1.90. The molecule has 258 valence electrons. The minimum absolute atomic E-state index is 0.557. The first-order chi connectivity index (χ1) is 27.8. The van der Waals surface area contributed by atoms with Gasteiger partial charge in [0.2, 0.25) is 0 Å². The van der Waals surface area contributed by atoms with E-state index in [2.05, 4.69) is 182 Å². The highest BCUT2D eigenvalue weighted by Gasteiger charge is 2.52. The van der Waals surface area contributed by atoms with Crippen LogP contribution in [-0.4, -0.2) is 4.98 Å². The number of aromatic nitrogens is 1. The molecule has 56 heavy (non-hydrogen) atoms. The van der Waals surface area contributed by atoms with E-state index in [1.165, 1.54) is 93.7 Å². The number of rotatable bonds is 2. The lowest BCUT2D eigenvalue weighted by Crippen LogP contribution is -2.26. The van der Waals surface area contributed by atoms with E-state index in [9.17, 15) is 0 Å². The molecule has 9 aromatic carbocycles.